The number of amides is 1. The van der Waals surface area contributed by atoms with Gasteiger partial charge in [-0.3, -0.25) is 9.69 Å². The maximum atomic E-state index is 12.5. The minimum atomic E-state index is 0. The smallest absolute Gasteiger partial charge is 0.226 e. The molecule has 144 valence electrons. The molecule has 0 saturated carbocycles. The number of nitrogens with zero attached hydrogens (tertiary/aromatic N) is 2. The Hall–Kier alpha value is -0.810. The fourth-order valence-corrected chi connectivity index (χ4v) is 3.44. The average Bonchev–Trinajstić information content (AvgIpc) is 3.00. The molecule has 0 aliphatic carbocycles. The lowest BCUT2D eigenvalue weighted by Gasteiger charge is -2.27. The molecule has 1 aromatic carbocycles. The number of carbonyl (C=O) groups excluding carboxylic acids is 1. The van der Waals surface area contributed by atoms with Gasteiger partial charge in [0.1, 0.15) is 0 Å². The van der Waals surface area contributed by atoms with Crippen LogP contribution in [0.25, 0.3) is 0 Å². The Balaban J connectivity index is 0.00000288. The quantitative estimate of drug-likeness (QED) is 0.741. The van der Waals surface area contributed by atoms with Gasteiger partial charge in [0, 0.05) is 38.6 Å². The molecule has 1 fully saturated rings. The molecule has 2 atom stereocenters. The molecule has 1 N–H and O–H groups in total. The molecule has 1 aromatic rings. The Morgan fingerprint density at radius 2 is 2.00 bits per heavy atom. The summed E-state index contributed by atoms with van der Waals surface area (Å²) in [4.78, 5) is 17.0. The maximum Gasteiger partial charge on any atom is 0.226 e. The van der Waals surface area contributed by atoms with Crippen molar-refractivity contribution in [2.45, 2.75) is 26.8 Å². The number of rotatable bonds is 8. The fourth-order valence-electron chi connectivity index (χ4n) is 3.44. The van der Waals surface area contributed by atoms with Crippen LogP contribution in [0, 0.1) is 11.8 Å². The van der Waals surface area contributed by atoms with E-state index in [1.54, 1.807) is 0 Å². The number of nitrogens with one attached hydrogen (secondary N) is 1. The summed E-state index contributed by atoms with van der Waals surface area (Å²) in [5.74, 6) is 0.939. The summed E-state index contributed by atoms with van der Waals surface area (Å²) in [5.41, 5.74) is 1.37. The molecule has 0 spiro atoms. The third-order valence-electron chi connectivity index (χ3n) is 4.72. The van der Waals surface area contributed by atoms with Gasteiger partial charge in [-0.25, -0.2) is 0 Å². The van der Waals surface area contributed by atoms with E-state index in [1.165, 1.54) is 12.0 Å². The number of hydrogen-bond acceptors (Lipinski definition) is 3. The van der Waals surface area contributed by atoms with Gasteiger partial charge in [-0.05, 0) is 38.4 Å². The van der Waals surface area contributed by atoms with Gasteiger partial charge in [-0.15, -0.1) is 24.8 Å². The molecule has 1 aliphatic heterocycles. The van der Waals surface area contributed by atoms with Crippen LogP contribution in [0.4, 0.5) is 0 Å². The molecule has 2 rings (SSSR count). The van der Waals surface area contributed by atoms with E-state index in [0.29, 0.717) is 5.92 Å². The average molecular weight is 390 g/mol. The molecular weight excluding hydrogens is 357 g/mol. The molecule has 1 aliphatic rings. The molecule has 1 saturated heterocycles. The zero-order valence-corrected chi connectivity index (χ0v) is 17.2. The highest BCUT2D eigenvalue weighted by Crippen LogP contribution is 2.20. The normalized spacial score (nSPS) is 18.1. The highest BCUT2D eigenvalue weighted by Gasteiger charge is 2.27. The number of hydrogen-bond donors (Lipinski definition) is 1. The number of likely N-dealkylation sites (tertiary alicyclic amines) is 1. The zero-order chi connectivity index (χ0) is 16.7. The largest absolute Gasteiger partial charge is 0.342 e. The number of benzene rings is 1. The first kappa shape index (κ1) is 24.2. The SMILES string of the molecule is CCN(CC1CCN(Cc2ccccc2)C1)C(=O)C(C)CNC.Cl.Cl. The summed E-state index contributed by atoms with van der Waals surface area (Å²) in [7, 11) is 1.90. The summed E-state index contributed by atoms with van der Waals surface area (Å²) in [6.07, 6.45) is 1.19. The van der Waals surface area contributed by atoms with Gasteiger partial charge in [0.2, 0.25) is 5.91 Å². The van der Waals surface area contributed by atoms with Crippen LogP contribution in [0.2, 0.25) is 0 Å². The Morgan fingerprint density at radius 1 is 1.32 bits per heavy atom. The molecule has 2 unspecified atom stereocenters. The van der Waals surface area contributed by atoms with Crippen molar-refractivity contribution in [2.24, 2.45) is 11.8 Å². The summed E-state index contributed by atoms with van der Waals surface area (Å²) in [5, 5.41) is 3.10. The van der Waals surface area contributed by atoms with E-state index in [4.69, 9.17) is 0 Å². The van der Waals surface area contributed by atoms with Gasteiger partial charge in [-0.1, -0.05) is 37.3 Å². The molecule has 25 heavy (non-hydrogen) atoms. The Morgan fingerprint density at radius 3 is 2.60 bits per heavy atom. The first-order valence-electron chi connectivity index (χ1n) is 8.83. The summed E-state index contributed by atoms with van der Waals surface area (Å²) >= 11 is 0. The second-order valence-electron chi connectivity index (χ2n) is 6.71. The summed E-state index contributed by atoms with van der Waals surface area (Å²) in [6.45, 7) is 9.81. The predicted octanol–water partition coefficient (Wildman–Crippen LogP) is 3.06. The minimum Gasteiger partial charge on any atom is -0.342 e. The molecule has 0 bridgehead atoms. The Labute approximate surface area is 165 Å². The van der Waals surface area contributed by atoms with E-state index in [0.717, 1.165) is 39.3 Å². The van der Waals surface area contributed by atoms with Crippen LogP contribution < -0.4 is 5.32 Å². The van der Waals surface area contributed by atoms with Crippen molar-refractivity contribution in [2.75, 3.05) is 39.8 Å². The van der Waals surface area contributed by atoms with Crippen molar-refractivity contribution in [3.63, 3.8) is 0 Å². The van der Waals surface area contributed by atoms with Crippen LogP contribution in [-0.4, -0.2) is 55.5 Å². The van der Waals surface area contributed by atoms with Gasteiger partial charge in [0.05, 0.1) is 0 Å². The maximum absolute atomic E-state index is 12.5. The second-order valence-corrected chi connectivity index (χ2v) is 6.71. The molecule has 0 radical (unpaired) electrons. The molecule has 6 heteroatoms. The van der Waals surface area contributed by atoms with Gasteiger partial charge in [-0.2, -0.15) is 0 Å². The van der Waals surface area contributed by atoms with E-state index in [2.05, 4.69) is 47.5 Å². The highest BCUT2D eigenvalue weighted by atomic mass is 35.5. The highest BCUT2D eigenvalue weighted by molar-refractivity contribution is 5.85. The third-order valence-corrected chi connectivity index (χ3v) is 4.72. The lowest BCUT2D eigenvalue weighted by Crippen LogP contribution is -2.41. The zero-order valence-electron chi connectivity index (χ0n) is 15.6. The van der Waals surface area contributed by atoms with Crippen LogP contribution >= 0.6 is 24.8 Å². The molecule has 0 aromatic heterocycles. The van der Waals surface area contributed by atoms with Crippen molar-refractivity contribution >= 4 is 30.7 Å². The molecule has 1 amide bonds. The van der Waals surface area contributed by atoms with E-state index in [1.807, 2.05) is 18.9 Å². The van der Waals surface area contributed by atoms with Crippen molar-refractivity contribution in [3.05, 3.63) is 35.9 Å². The van der Waals surface area contributed by atoms with E-state index < -0.39 is 0 Å². The van der Waals surface area contributed by atoms with Crippen LogP contribution in [0.15, 0.2) is 30.3 Å². The van der Waals surface area contributed by atoms with E-state index in [9.17, 15) is 4.79 Å². The first-order valence-corrected chi connectivity index (χ1v) is 8.83. The second kappa shape index (κ2) is 12.5. The number of carbonyl (C=O) groups is 1. The molecule has 4 nitrogen and oxygen atoms in total. The van der Waals surface area contributed by atoms with Crippen molar-refractivity contribution in [3.8, 4) is 0 Å². The van der Waals surface area contributed by atoms with Crippen molar-refractivity contribution in [1.82, 2.24) is 15.1 Å². The van der Waals surface area contributed by atoms with Crippen molar-refractivity contribution < 1.29 is 4.79 Å². The molecule has 1 heterocycles. The fraction of sp³-hybridized carbons (Fsp3) is 0.632. The van der Waals surface area contributed by atoms with Gasteiger partial charge < -0.3 is 10.2 Å². The Kier molecular flexibility index (Phi) is 12.1. The number of halogens is 2. The predicted molar refractivity (Wildman–Crippen MR) is 110 cm³/mol. The Bertz CT molecular complexity index is 487. The lowest BCUT2D eigenvalue weighted by molar-refractivity contribution is -0.135. The van der Waals surface area contributed by atoms with Crippen LogP contribution in [-0.2, 0) is 11.3 Å². The van der Waals surface area contributed by atoms with Crippen molar-refractivity contribution in [1.29, 1.82) is 0 Å². The lowest BCUT2D eigenvalue weighted by atomic mass is 10.1. The third kappa shape index (κ3) is 7.53. The topological polar surface area (TPSA) is 35.6 Å². The minimum absolute atomic E-state index is 0. The van der Waals surface area contributed by atoms with Crippen LogP contribution in [0.5, 0.6) is 0 Å². The summed E-state index contributed by atoms with van der Waals surface area (Å²) in [6, 6.07) is 10.6. The monoisotopic (exact) mass is 389 g/mol. The summed E-state index contributed by atoms with van der Waals surface area (Å²) < 4.78 is 0. The van der Waals surface area contributed by atoms with Gasteiger partial charge >= 0.3 is 0 Å². The van der Waals surface area contributed by atoms with Gasteiger partial charge in [0.25, 0.3) is 0 Å². The van der Waals surface area contributed by atoms with Crippen LogP contribution in [0.3, 0.4) is 0 Å². The van der Waals surface area contributed by atoms with Gasteiger partial charge in [0.15, 0.2) is 0 Å². The van der Waals surface area contributed by atoms with E-state index >= 15 is 0 Å². The van der Waals surface area contributed by atoms with E-state index in [-0.39, 0.29) is 36.6 Å². The first-order chi connectivity index (χ1) is 11.1. The van der Waals surface area contributed by atoms with Crippen LogP contribution in [0.1, 0.15) is 25.8 Å². The molecular formula is C19H33Cl2N3O. The standard InChI is InChI=1S/C19H31N3O.2ClH/c1-4-22(19(23)16(2)12-20-3)15-18-10-11-21(14-18)13-17-8-6-5-7-9-17;;/h5-9,16,18,20H,4,10-15H2,1-3H3;2*1H.